The maximum Gasteiger partial charge on any atom is 0.259 e. The standard InChI is InChI=1S/C33H35NO6/c1-22(2)26-18-27(33(35)34-25-16-30(36-3)32(38-5)31(17-25)37-4)29(40-21-24-14-10-7-11-15-24)19-28(26)39-20-23-12-8-6-9-13-23/h6-19,22H,20-21H2,1-5H3,(H,34,35). The number of rotatable bonds is 12. The molecule has 0 aromatic heterocycles. The van der Waals surface area contributed by atoms with Crippen LogP contribution in [0.1, 0.15) is 46.8 Å². The van der Waals surface area contributed by atoms with E-state index in [2.05, 4.69) is 19.2 Å². The normalized spacial score (nSPS) is 10.7. The number of benzene rings is 4. The van der Waals surface area contributed by atoms with Crippen LogP contribution in [0.3, 0.4) is 0 Å². The molecule has 0 aliphatic rings. The highest BCUT2D eigenvalue weighted by atomic mass is 16.5. The molecule has 0 bridgehead atoms. The Hall–Kier alpha value is -4.65. The van der Waals surface area contributed by atoms with Gasteiger partial charge in [0.25, 0.3) is 5.91 Å². The highest BCUT2D eigenvalue weighted by Gasteiger charge is 2.22. The summed E-state index contributed by atoms with van der Waals surface area (Å²) in [5, 5.41) is 2.97. The molecule has 0 fully saturated rings. The molecule has 0 saturated carbocycles. The minimum atomic E-state index is -0.339. The van der Waals surface area contributed by atoms with Crippen LogP contribution in [-0.2, 0) is 13.2 Å². The molecule has 4 rings (SSSR count). The van der Waals surface area contributed by atoms with Crippen molar-refractivity contribution in [1.82, 2.24) is 0 Å². The van der Waals surface area contributed by atoms with E-state index in [1.165, 1.54) is 21.3 Å². The Labute approximate surface area is 235 Å². The van der Waals surface area contributed by atoms with E-state index in [9.17, 15) is 4.79 Å². The van der Waals surface area contributed by atoms with Crippen molar-refractivity contribution in [3.63, 3.8) is 0 Å². The fourth-order valence-electron chi connectivity index (χ4n) is 4.27. The van der Waals surface area contributed by atoms with Crippen molar-refractivity contribution in [2.24, 2.45) is 0 Å². The third-order valence-electron chi connectivity index (χ3n) is 6.38. The lowest BCUT2D eigenvalue weighted by Gasteiger charge is -2.20. The van der Waals surface area contributed by atoms with Crippen molar-refractivity contribution < 1.29 is 28.5 Å². The lowest BCUT2D eigenvalue weighted by Crippen LogP contribution is -2.15. The van der Waals surface area contributed by atoms with Crippen LogP contribution in [0.2, 0.25) is 0 Å². The molecule has 0 unspecified atom stereocenters. The van der Waals surface area contributed by atoms with Crippen molar-refractivity contribution in [3.8, 4) is 28.7 Å². The molecule has 7 heteroatoms. The number of carbonyl (C=O) groups excluding carboxylic acids is 1. The summed E-state index contributed by atoms with van der Waals surface area (Å²) < 4.78 is 28.8. The molecule has 40 heavy (non-hydrogen) atoms. The minimum absolute atomic E-state index is 0.0988. The van der Waals surface area contributed by atoms with Crippen LogP contribution in [0, 0.1) is 0 Å². The summed E-state index contributed by atoms with van der Waals surface area (Å²) in [7, 11) is 4.59. The molecule has 7 nitrogen and oxygen atoms in total. The van der Waals surface area contributed by atoms with Gasteiger partial charge < -0.3 is 29.0 Å². The molecule has 0 saturated heterocycles. The summed E-state index contributed by atoms with van der Waals surface area (Å²) in [4.78, 5) is 13.7. The number of methoxy groups -OCH3 is 3. The number of nitrogens with one attached hydrogen (secondary N) is 1. The van der Waals surface area contributed by atoms with Gasteiger partial charge in [-0.1, -0.05) is 74.5 Å². The van der Waals surface area contributed by atoms with Crippen LogP contribution in [0.5, 0.6) is 28.7 Å². The van der Waals surface area contributed by atoms with E-state index in [4.69, 9.17) is 23.7 Å². The van der Waals surface area contributed by atoms with E-state index in [1.807, 2.05) is 72.8 Å². The molecule has 0 atom stereocenters. The largest absolute Gasteiger partial charge is 0.493 e. The van der Waals surface area contributed by atoms with Crippen LogP contribution < -0.4 is 29.0 Å². The van der Waals surface area contributed by atoms with Crippen molar-refractivity contribution >= 4 is 11.6 Å². The SMILES string of the molecule is COc1cc(NC(=O)c2cc(C(C)C)c(OCc3ccccc3)cc2OCc2ccccc2)cc(OC)c1OC. The summed E-state index contributed by atoms with van der Waals surface area (Å²) in [6, 6.07) is 26.8. The Kier molecular flexibility index (Phi) is 9.52. The number of hydrogen-bond acceptors (Lipinski definition) is 6. The van der Waals surface area contributed by atoms with E-state index in [0.717, 1.165) is 16.7 Å². The van der Waals surface area contributed by atoms with Crippen molar-refractivity contribution in [2.75, 3.05) is 26.6 Å². The molecule has 1 N–H and O–H groups in total. The molecule has 0 spiro atoms. The van der Waals surface area contributed by atoms with E-state index in [-0.39, 0.29) is 11.8 Å². The molecule has 4 aromatic rings. The fraction of sp³-hybridized carbons (Fsp3) is 0.242. The van der Waals surface area contributed by atoms with E-state index >= 15 is 0 Å². The number of amides is 1. The Morgan fingerprint density at radius 2 is 1.20 bits per heavy atom. The summed E-state index contributed by atoms with van der Waals surface area (Å²) in [6.07, 6.45) is 0. The molecule has 0 radical (unpaired) electrons. The fourth-order valence-corrected chi connectivity index (χ4v) is 4.27. The molecule has 0 aliphatic heterocycles. The van der Waals surface area contributed by atoms with Gasteiger partial charge in [0.1, 0.15) is 24.7 Å². The quantitative estimate of drug-likeness (QED) is 0.204. The average molecular weight is 542 g/mol. The summed E-state index contributed by atoms with van der Waals surface area (Å²) in [6.45, 7) is 4.83. The second-order valence-corrected chi connectivity index (χ2v) is 9.46. The van der Waals surface area contributed by atoms with Gasteiger partial charge in [0.2, 0.25) is 5.75 Å². The smallest absolute Gasteiger partial charge is 0.259 e. The van der Waals surface area contributed by atoms with Crippen LogP contribution in [-0.4, -0.2) is 27.2 Å². The zero-order chi connectivity index (χ0) is 28.5. The molecule has 0 heterocycles. The first-order valence-corrected chi connectivity index (χ1v) is 13.1. The molecule has 1 amide bonds. The first-order valence-electron chi connectivity index (χ1n) is 13.1. The number of ether oxygens (including phenoxy) is 5. The Bertz CT molecular complexity index is 1400. The van der Waals surface area contributed by atoms with Gasteiger partial charge in [-0.05, 0) is 28.7 Å². The third-order valence-corrected chi connectivity index (χ3v) is 6.38. The van der Waals surface area contributed by atoms with Gasteiger partial charge >= 0.3 is 0 Å². The van der Waals surface area contributed by atoms with Crippen LogP contribution in [0.4, 0.5) is 5.69 Å². The van der Waals surface area contributed by atoms with Crippen LogP contribution >= 0.6 is 0 Å². The maximum atomic E-state index is 13.7. The molecule has 208 valence electrons. The highest BCUT2D eigenvalue weighted by Crippen LogP contribution is 2.41. The average Bonchev–Trinajstić information content (AvgIpc) is 2.99. The van der Waals surface area contributed by atoms with Gasteiger partial charge in [-0.25, -0.2) is 0 Å². The lowest BCUT2D eigenvalue weighted by molar-refractivity contribution is 0.102. The Morgan fingerprint density at radius 3 is 1.68 bits per heavy atom. The second-order valence-electron chi connectivity index (χ2n) is 9.46. The Balaban J connectivity index is 1.70. The van der Waals surface area contributed by atoms with E-state index in [1.54, 1.807) is 12.1 Å². The lowest BCUT2D eigenvalue weighted by atomic mass is 9.98. The zero-order valence-corrected chi connectivity index (χ0v) is 23.5. The van der Waals surface area contributed by atoms with Crippen LogP contribution in [0.25, 0.3) is 0 Å². The van der Waals surface area contributed by atoms with Gasteiger partial charge in [0.05, 0.1) is 26.9 Å². The molecular formula is C33H35NO6. The number of anilines is 1. The summed E-state index contributed by atoms with van der Waals surface area (Å²) >= 11 is 0. The van der Waals surface area contributed by atoms with Crippen molar-refractivity contribution in [1.29, 1.82) is 0 Å². The molecule has 4 aromatic carbocycles. The van der Waals surface area contributed by atoms with Crippen LogP contribution in [0.15, 0.2) is 84.9 Å². The third kappa shape index (κ3) is 6.86. The first-order chi connectivity index (χ1) is 19.4. The van der Waals surface area contributed by atoms with Gasteiger partial charge in [-0.3, -0.25) is 4.79 Å². The highest BCUT2D eigenvalue weighted by molar-refractivity contribution is 6.06. The van der Waals surface area contributed by atoms with E-state index < -0.39 is 0 Å². The predicted molar refractivity (Wildman–Crippen MR) is 156 cm³/mol. The van der Waals surface area contributed by atoms with E-state index in [0.29, 0.717) is 53.2 Å². The number of carbonyl (C=O) groups is 1. The molecular weight excluding hydrogens is 506 g/mol. The topological polar surface area (TPSA) is 75.3 Å². The number of hydrogen-bond donors (Lipinski definition) is 1. The molecule has 0 aliphatic carbocycles. The van der Waals surface area contributed by atoms with Crippen molar-refractivity contribution in [2.45, 2.75) is 33.0 Å². The Morgan fingerprint density at radius 1 is 0.675 bits per heavy atom. The van der Waals surface area contributed by atoms with Gasteiger partial charge in [-0.2, -0.15) is 0 Å². The monoisotopic (exact) mass is 541 g/mol. The summed E-state index contributed by atoms with van der Waals surface area (Å²) in [5.74, 6) is 2.16. The van der Waals surface area contributed by atoms with Gasteiger partial charge in [0.15, 0.2) is 11.5 Å². The second kappa shape index (κ2) is 13.4. The zero-order valence-electron chi connectivity index (χ0n) is 23.5. The first kappa shape index (κ1) is 28.4. The van der Waals surface area contributed by atoms with Gasteiger partial charge in [0, 0.05) is 23.9 Å². The summed E-state index contributed by atoms with van der Waals surface area (Å²) in [5.41, 5.74) is 3.81. The minimum Gasteiger partial charge on any atom is -0.493 e. The van der Waals surface area contributed by atoms with Gasteiger partial charge in [-0.15, -0.1) is 0 Å². The maximum absolute atomic E-state index is 13.7. The predicted octanol–water partition coefficient (Wildman–Crippen LogP) is 7.25. The van der Waals surface area contributed by atoms with Crippen molar-refractivity contribution in [3.05, 3.63) is 107 Å².